The molecule has 1 aromatic carbocycles. The van der Waals surface area contributed by atoms with E-state index in [1.807, 2.05) is 13.0 Å². The minimum Gasteiger partial charge on any atom is -0.492 e. The van der Waals surface area contributed by atoms with Crippen molar-refractivity contribution in [1.29, 1.82) is 5.26 Å². The van der Waals surface area contributed by atoms with Crippen LogP contribution in [0.2, 0.25) is 0 Å². The van der Waals surface area contributed by atoms with Crippen LogP contribution in [0.15, 0.2) is 18.2 Å². The first-order valence-electron chi connectivity index (χ1n) is 3.96. The maximum Gasteiger partial charge on any atom is 0.137 e. The van der Waals surface area contributed by atoms with E-state index in [-0.39, 0.29) is 0 Å². The molecule has 0 aliphatic carbocycles. The van der Waals surface area contributed by atoms with E-state index < -0.39 is 0 Å². The predicted molar refractivity (Wildman–Crippen MR) is 47.7 cm³/mol. The van der Waals surface area contributed by atoms with Gasteiger partial charge in [-0.05, 0) is 13.0 Å². The zero-order chi connectivity index (χ0) is 9.68. The van der Waals surface area contributed by atoms with E-state index in [1.165, 1.54) is 0 Å². The van der Waals surface area contributed by atoms with Crippen molar-refractivity contribution < 1.29 is 9.84 Å². The Kier molecular flexibility index (Phi) is 3.30. The number of aliphatic hydroxyl groups excluding tert-OH is 1. The molecule has 0 aliphatic heterocycles. The van der Waals surface area contributed by atoms with Crippen molar-refractivity contribution in [2.45, 2.75) is 6.92 Å². The van der Waals surface area contributed by atoms with Gasteiger partial charge in [-0.3, -0.25) is 0 Å². The van der Waals surface area contributed by atoms with Gasteiger partial charge in [0.05, 0.1) is 12.2 Å². The van der Waals surface area contributed by atoms with Crippen LogP contribution in [0.3, 0.4) is 0 Å². The van der Waals surface area contributed by atoms with Crippen LogP contribution in [0.5, 0.6) is 5.75 Å². The number of nitrogens with zero attached hydrogens (tertiary/aromatic N) is 1. The molecule has 3 heteroatoms. The zero-order valence-electron chi connectivity index (χ0n) is 7.32. The van der Waals surface area contributed by atoms with Crippen molar-refractivity contribution >= 4 is 0 Å². The molecule has 1 aromatic rings. The van der Waals surface area contributed by atoms with E-state index in [2.05, 4.69) is 0 Å². The lowest BCUT2D eigenvalue weighted by Crippen LogP contribution is -1.97. The highest BCUT2D eigenvalue weighted by atomic mass is 16.5. The third-order valence-corrected chi connectivity index (χ3v) is 1.61. The van der Waals surface area contributed by atoms with E-state index in [0.717, 1.165) is 6.61 Å². The van der Waals surface area contributed by atoms with Crippen LogP contribution in [-0.2, 0) is 0 Å². The van der Waals surface area contributed by atoms with Gasteiger partial charge < -0.3 is 9.84 Å². The number of rotatable bonds is 3. The molecule has 0 heterocycles. The molecule has 0 aliphatic rings. The average Bonchev–Trinajstić information content (AvgIpc) is 2.18. The highest BCUT2D eigenvalue weighted by Gasteiger charge is 2.07. The third-order valence-electron chi connectivity index (χ3n) is 1.61. The van der Waals surface area contributed by atoms with E-state index in [4.69, 9.17) is 15.1 Å². The molecular formula is C10H10NO2. The van der Waals surface area contributed by atoms with Gasteiger partial charge in [-0.15, -0.1) is 0 Å². The van der Waals surface area contributed by atoms with Crippen LogP contribution in [-0.4, -0.2) is 11.7 Å². The molecule has 0 aromatic heterocycles. The lowest BCUT2D eigenvalue weighted by molar-refractivity contribution is 0.338. The summed E-state index contributed by atoms with van der Waals surface area (Å²) in [6, 6.07) is 7.07. The van der Waals surface area contributed by atoms with Gasteiger partial charge in [-0.25, -0.2) is 0 Å². The summed E-state index contributed by atoms with van der Waals surface area (Å²) in [6.07, 6.45) is 0. The molecule has 0 saturated carbocycles. The van der Waals surface area contributed by atoms with E-state index in [9.17, 15) is 0 Å². The molecule has 0 bridgehead atoms. The molecule has 1 rings (SSSR count). The number of ether oxygens (including phenoxy) is 1. The number of nitriles is 1. The van der Waals surface area contributed by atoms with Gasteiger partial charge in [0.2, 0.25) is 0 Å². The van der Waals surface area contributed by atoms with Gasteiger partial charge in [-0.2, -0.15) is 5.26 Å². The second-order valence-electron chi connectivity index (χ2n) is 2.39. The number of hydrogen-bond donors (Lipinski definition) is 1. The average molecular weight is 176 g/mol. The Morgan fingerprint density at radius 2 is 2.38 bits per heavy atom. The monoisotopic (exact) mass is 176 g/mol. The smallest absolute Gasteiger partial charge is 0.137 e. The highest BCUT2D eigenvalue weighted by Crippen LogP contribution is 2.21. The molecule has 0 unspecified atom stereocenters. The number of benzene rings is 1. The van der Waals surface area contributed by atoms with E-state index in [0.29, 0.717) is 23.5 Å². The fraction of sp³-hybridized carbons (Fsp3) is 0.200. The van der Waals surface area contributed by atoms with Crippen molar-refractivity contribution in [1.82, 2.24) is 0 Å². The lowest BCUT2D eigenvalue weighted by Gasteiger charge is -2.06. The zero-order valence-corrected chi connectivity index (χ0v) is 7.32. The van der Waals surface area contributed by atoms with Crippen LogP contribution in [0.4, 0.5) is 0 Å². The maximum atomic E-state index is 8.81. The quantitative estimate of drug-likeness (QED) is 0.764. The molecule has 13 heavy (non-hydrogen) atoms. The topological polar surface area (TPSA) is 53.2 Å². The van der Waals surface area contributed by atoms with Crippen LogP contribution >= 0.6 is 0 Å². The Balaban J connectivity index is 3.13. The summed E-state index contributed by atoms with van der Waals surface area (Å²) in [4.78, 5) is 0. The van der Waals surface area contributed by atoms with Gasteiger partial charge in [0.15, 0.2) is 0 Å². The maximum absolute atomic E-state index is 8.81. The minimum atomic E-state index is 0.367. The third kappa shape index (κ3) is 1.98. The fourth-order valence-corrected chi connectivity index (χ4v) is 1.05. The SMILES string of the molecule is CCOc1cccc([CH]O)c1C#N. The van der Waals surface area contributed by atoms with E-state index in [1.54, 1.807) is 18.2 Å². The molecule has 0 fully saturated rings. The molecule has 3 nitrogen and oxygen atoms in total. The van der Waals surface area contributed by atoms with Crippen molar-refractivity contribution in [3.8, 4) is 11.8 Å². The second-order valence-corrected chi connectivity index (χ2v) is 2.39. The van der Waals surface area contributed by atoms with E-state index >= 15 is 0 Å². The summed E-state index contributed by atoms with van der Waals surface area (Å²) >= 11 is 0. The summed E-state index contributed by atoms with van der Waals surface area (Å²) in [6.45, 7) is 3.25. The van der Waals surface area contributed by atoms with Crippen LogP contribution < -0.4 is 4.74 Å². The van der Waals surface area contributed by atoms with Gasteiger partial charge in [-0.1, -0.05) is 12.1 Å². The molecular weight excluding hydrogens is 166 g/mol. The molecule has 0 atom stereocenters. The van der Waals surface area contributed by atoms with Crippen molar-refractivity contribution in [3.05, 3.63) is 35.9 Å². The van der Waals surface area contributed by atoms with Gasteiger partial charge >= 0.3 is 0 Å². The Bertz CT molecular complexity index is 328. The summed E-state index contributed by atoms with van der Waals surface area (Å²) in [5, 5.41) is 17.6. The van der Waals surface area contributed by atoms with Gasteiger partial charge in [0.1, 0.15) is 18.4 Å². The van der Waals surface area contributed by atoms with Crippen molar-refractivity contribution in [2.75, 3.05) is 6.61 Å². The lowest BCUT2D eigenvalue weighted by atomic mass is 10.1. The summed E-state index contributed by atoms with van der Waals surface area (Å²) in [7, 11) is 0. The van der Waals surface area contributed by atoms with Crippen LogP contribution in [0.1, 0.15) is 18.1 Å². The Morgan fingerprint density at radius 3 is 2.92 bits per heavy atom. The Labute approximate surface area is 77.2 Å². The first-order valence-corrected chi connectivity index (χ1v) is 3.96. The molecule has 67 valence electrons. The molecule has 0 spiro atoms. The Morgan fingerprint density at radius 1 is 1.62 bits per heavy atom. The molecule has 1 radical (unpaired) electrons. The van der Waals surface area contributed by atoms with Crippen molar-refractivity contribution in [3.63, 3.8) is 0 Å². The fourth-order valence-electron chi connectivity index (χ4n) is 1.05. The predicted octanol–water partition coefficient (Wildman–Crippen LogP) is 1.84. The largest absolute Gasteiger partial charge is 0.492 e. The second kappa shape index (κ2) is 4.48. The first kappa shape index (κ1) is 9.56. The highest BCUT2D eigenvalue weighted by molar-refractivity contribution is 5.50. The standard InChI is InChI=1S/C10H10NO2/c1-2-13-10-5-3-4-8(7-12)9(10)6-11/h3-5,7,12H,2H2,1H3. The first-order chi connectivity index (χ1) is 6.33. The molecule has 0 saturated heterocycles. The summed E-state index contributed by atoms with van der Waals surface area (Å²) < 4.78 is 5.22. The van der Waals surface area contributed by atoms with Crippen molar-refractivity contribution in [2.24, 2.45) is 0 Å². The number of hydrogen-bond acceptors (Lipinski definition) is 3. The summed E-state index contributed by atoms with van der Waals surface area (Å²) in [5.41, 5.74) is 0.848. The van der Waals surface area contributed by atoms with Crippen LogP contribution in [0.25, 0.3) is 0 Å². The molecule has 0 amide bonds. The van der Waals surface area contributed by atoms with Gasteiger partial charge in [0.25, 0.3) is 0 Å². The number of aliphatic hydroxyl groups is 1. The Hall–Kier alpha value is -1.53. The summed E-state index contributed by atoms with van der Waals surface area (Å²) in [5.74, 6) is 0.507. The van der Waals surface area contributed by atoms with Gasteiger partial charge in [0, 0.05) is 5.56 Å². The normalized spacial score (nSPS) is 9.31. The van der Waals surface area contributed by atoms with Crippen LogP contribution in [0, 0.1) is 17.9 Å². The minimum absolute atomic E-state index is 0.367. The molecule has 1 N–H and O–H groups in total.